The van der Waals surface area contributed by atoms with Crippen LogP contribution in [0.3, 0.4) is 0 Å². The molecule has 2 saturated carbocycles. The molecule has 2 nitrogen and oxygen atoms in total. The molecule has 1 aliphatic heterocycles. The summed E-state index contributed by atoms with van der Waals surface area (Å²) in [7, 11) is 0. The van der Waals surface area contributed by atoms with E-state index >= 15 is 0 Å². The molecule has 1 amide bonds. The number of carbonyl (C=O) groups excluding carboxylic acids is 1. The first-order chi connectivity index (χ1) is 9.76. The molecule has 3 fully saturated rings. The molecular weight excluding hydrogens is 266 g/mol. The van der Waals surface area contributed by atoms with E-state index in [0.29, 0.717) is 11.2 Å². The molecule has 0 spiro atoms. The molecule has 4 atom stereocenters. The Labute approximate surface area is 128 Å². The maximum atomic E-state index is 12.6. The van der Waals surface area contributed by atoms with Gasteiger partial charge in [-0.1, -0.05) is 19.8 Å². The fourth-order valence-corrected chi connectivity index (χ4v) is 5.77. The van der Waals surface area contributed by atoms with Gasteiger partial charge < -0.3 is 4.90 Å². The zero-order chi connectivity index (χ0) is 13.9. The molecule has 0 aromatic rings. The highest BCUT2D eigenvalue weighted by Crippen LogP contribution is 2.49. The van der Waals surface area contributed by atoms with Crippen molar-refractivity contribution in [2.24, 2.45) is 17.8 Å². The number of nitrogens with zero attached hydrogens (tertiary/aromatic N) is 1. The van der Waals surface area contributed by atoms with E-state index in [1.807, 2.05) is 11.8 Å². The van der Waals surface area contributed by atoms with Gasteiger partial charge in [-0.05, 0) is 55.6 Å². The summed E-state index contributed by atoms with van der Waals surface area (Å²) in [5.74, 6) is 4.22. The van der Waals surface area contributed by atoms with E-state index in [4.69, 9.17) is 0 Å². The molecule has 1 saturated heterocycles. The van der Waals surface area contributed by atoms with Crippen molar-refractivity contribution in [2.75, 3.05) is 18.8 Å². The predicted molar refractivity (Wildman–Crippen MR) is 85.9 cm³/mol. The summed E-state index contributed by atoms with van der Waals surface area (Å²) >= 11 is 2.05. The van der Waals surface area contributed by atoms with E-state index < -0.39 is 0 Å². The quantitative estimate of drug-likeness (QED) is 0.783. The van der Waals surface area contributed by atoms with Gasteiger partial charge in [0, 0.05) is 24.8 Å². The molecule has 2 bridgehead atoms. The minimum absolute atomic E-state index is 0.464. The fourth-order valence-electron chi connectivity index (χ4n) is 4.68. The molecule has 3 heteroatoms. The lowest BCUT2D eigenvalue weighted by Gasteiger charge is -2.28. The first-order valence-electron chi connectivity index (χ1n) is 8.65. The lowest BCUT2D eigenvalue weighted by molar-refractivity contribution is -0.132. The Morgan fingerprint density at radius 3 is 2.80 bits per heavy atom. The highest BCUT2D eigenvalue weighted by molar-refractivity contribution is 7.99. The molecule has 114 valence electrons. The summed E-state index contributed by atoms with van der Waals surface area (Å²) < 4.78 is 0. The van der Waals surface area contributed by atoms with E-state index in [1.54, 1.807) is 0 Å². The smallest absolute Gasteiger partial charge is 0.222 e. The van der Waals surface area contributed by atoms with Crippen LogP contribution < -0.4 is 0 Å². The Balaban J connectivity index is 1.52. The topological polar surface area (TPSA) is 20.3 Å². The summed E-state index contributed by atoms with van der Waals surface area (Å²) in [5, 5.41) is 0.687. The van der Waals surface area contributed by atoms with Gasteiger partial charge in [0.15, 0.2) is 0 Å². The van der Waals surface area contributed by atoms with Crippen LogP contribution in [0, 0.1) is 17.8 Å². The van der Waals surface area contributed by atoms with Crippen LogP contribution in [-0.2, 0) is 4.79 Å². The Bertz CT molecular complexity index is 346. The fraction of sp³-hybridized carbons (Fsp3) is 0.941. The summed E-state index contributed by atoms with van der Waals surface area (Å²) in [6.45, 7) is 4.26. The number of fused-ring (bicyclic) bond motifs is 2. The van der Waals surface area contributed by atoms with Crippen LogP contribution in [0.1, 0.15) is 58.3 Å². The van der Waals surface area contributed by atoms with Crippen molar-refractivity contribution in [2.45, 2.75) is 63.5 Å². The maximum Gasteiger partial charge on any atom is 0.222 e. The van der Waals surface area contributed by atoms with Crippen LogP contribution in [-0.4, -0.2) is 34.9 Å². The second-order valence-electron chi connectivity index (χ2n) is 7.05. The summed E-state index contributed by atoms with van der Waals surface area (Å²) in [6, 6.07) is 0. The molecule has 3 aliphatic rings. The van der Waals surface area contributed by atoms with Gasteiger partial charge in [0.1, 0.15) is 0 Å². The zero-order valence-corrected chi connectivity index (χ0v) is 13.7. The van der Waals surface area contributed by atoms with Gasteiger partial charge in [-0.15, -0.1) is 0 Å². The number of likely N-dealkylation sites (tertiary alicyclic amines) is 1. The van der Waals surface area contributed by atoms with Gasteiger partial charge in [0.2, 0.25) is 5.91 Å². The molecule has 20 heavy (non-hydrogen) atoms. The molecular formula is C17H29NOS. The van der Waals surface area contributed by atoms with Crippen molar-refractivity contribution in [3.63, 3.8) is 0 Å². The average Bonchev–Trinajstić information content (AvgIpc) is 2.96. The molecule has 0 N–H and O–H groups in total. The largest absolute Gasteiger partial charge is 0.342 e. The molecule has 0 unspecified atom stereocenters. The number of carbonyl (C=O) groups is 1. The number of hydrogen-bond donors (Lipinski definition) is 0. The van der Waals surface area contributed by atoms with Gasteiger partial charge in [-0.2, -0.15) is 11.8 Å². The second kappa shape index (κ2) is 6.72. The van der Waals surface area contributed by atoms with Crippen LogP contribution in [0.5, 0.6) is 0 Å². The number of amides is 1. The standard InChI is InChI=1S/C17H29NOS/c1-2-20-16-5-3-4-8-18(12-16)17(19)11-15-10-13-6-7-14(15)9-13/h13-16H,2-12H2,1H3/t13-,14-,15-,16-/m0/s1. The van der Waals surface area contributed by atoms with Gasteiger partial charge in [0.25, 0.3) is 0 Å². The van der Waals surface area contributed by atoms with Gasteiger partial charge >= 0.3 is 0 Å². The van der Waals surface area contributed by atoms with Crippen molar-refractivity contribution >= 4 is 17.7 Å². The van der Waals surface area contributed by atoms with E-state index in [1.165, 1.54) is 50.7 Å². The second-order valence-corrected chi connectivity index (χ2v) is 8.63. The molecule has 3 rings (SSSR count). The first-order valence-corrected chi connectivity index (χ1v) is 9.70. The molecule has 0 radical (unpaired) electrons. The highest BCUT2D eigenvalue weighted by Gasteiger charge is 2.40. The Morgan fingerprint density at radius 1 is 1.20 bits per heavy atom. The van der Waals surface area contributed by atoms with Gasteiger partial charge in [-0.25, -0.2) is 0 Å². The lowest BCUT2D eigenvalue weighted by Crippen LogP contribution is -2.37. The third kappa shape index (κ3) is 3.35. The van der Waals surface area contributed by atoms with Crippen LogP contribution in [0.25, 0.3) is 0 Å². The number of rotatable bonds is 4. The van der Waals surface area contributed by atoms with Crippen LogP contribution >= 0.6 is 11.8 Å². The van der Waals surface area contributed by atoms with Crippen LogP contribution in [0.15, 0.2) is 0 Å². The van der Waals surface area contributed by atoms with Gasteiger partial charge in [0.05, 0.1) is 0 Å². The number of hydrogen-bond acceptors (Lipinski definition) is 2. The first kappa shape index (κ1) is 14.7. The van der Waals surface area contributed by atoms with Gasteiger partial charge in [-0.3, -0.25) is 4.79 Å². The van der Waals surface area contributed by atoms with E-state index in [0.717, 1.165) is 37.3 Å². The zero-order valence-electron chi connectivity index (χ0n) is 12.9. The van der Waals surface area contributed by atoms with Crippen LogP contribution in [0.4, 0.5) is 0 Å². The van der Waals surface area contributed by atoms with Crippen molar-refractivity contribution in [3.05, 3.63) is 0 Å². The monoisotopic (exact) mass is 295 g/mol. The molecule has 0 aromatic carbocycles. The van der Waals surface area contributed by atoms with E-state index in [2.05, 4.69) is 11.8 Å². The molecule has 0 aromatic heterocycles. The van der Waals surface area contributed by atoms with Crippen molar-refractivity contribution in [3.8, 4) is 0 Å². The van der Waals surface area contributed by atoms with Crippen molar-refractivity contribution in [1.29, 1.82) is 0 Å². The normalized spacial score (nSPS) is 37.1. The Hall–Kier alpha value is -0.180. The van der Waals surface area contributed by atoms with E-state index in [9.17, 15) is 4.79 Å². The summed E-state index contributed by atoms with van der Waals surface area (Å²) in [5.41, 5.74) is 0. The van der Waals surface area contributed by atoms with Crippen molar-refractivity contribution < 1.29 is 4.79 Å². The summed E-state index contributed by atoms with van der Waals surface area (Å²) in [4.78, 5) is 14.9. The predicted octanol–water partition coefficient (Wildman–Crippen LogP) is 3.95. The Morgan fingerprint density at radius 2 is 2.10 bits per heavy atom. The minimum atomic E-state index is 0.464. The average molecular weight is 295 g/mol. The highest BCUT2D eigenvalue weighted by atomic mass is 32.2. The third-order valence-corrected chi connectivity index (χ3v) is 6.89. The van der Waals surface area contributed by atoms with Crippen molar-refractivity contribution in [1.82, 2.24) is 4.90 Å². The number of thioether (sulfide) groups is 1. The third-order valence-electron chi connectivity index (χ3n) is 5.70. The van der Waals surface area contributed by atoms with E-state index in [-0.39, 0.29) is 0 Å². The SMILES string of the molecule is CCS[C@H]1CCCCN(C(=O)C[C@@H]2C[C@H]3CC[C@H]2C3)C1. The molecule has 2 aliphatic carbocycles. The maximum absolute atomic E-state index is 12.6. The molecule has 1 heterocycles. The minimum Gasteiger partial charge on any atom is -0.342 e. The Kier molecular flexibility index (Phi) is 4.95. The lowest BCUT2D eigenvalue weighted by atomic mass is 9.86. The summed E-state index contributed by atoms with van der Waals surface area (Å²) in [6.07, 6.45) is 10.3. The van der Waals surface area contributed by atoms with Crippen LogP contribution in [0.2, 0.25) is 0 Å².